The highest BCUT2D eigenvalue weighted by molar-refractivity contribution is 5.97. The molecule has 0 fully saturated rings. The molecule has 3 rings (SSSR count). The van der Waals surface area contributed by atoms with Crippen LogP contribution in [0.5, 0.6) is 5.75 Å². The number of ether oxygens (including phenoxy) is 1. The van der Waals surface area contributed by atoms with E-state index in [0.29, 0.717) is 18.0 Å². The van der Waals surface area contributed by atoms with Crippen molar-refractivity contribution in [2.45, 2.75) is 32.4 Å². The number of fused-ring (bicyclic) bond motifs is 1. The molecule has 4 nitrogen and oxygen atoms in total. The van der Waals surface area contributed by atoms with Crippen molar-refractivity contribution in [1.29, 1.82) is 0 Å². The van der Waals surface area contributed by atoms with Gasteiger partial charge in [0.15, 0.2) is 0 Å². The molecule has 0 saturated carbocycles. The van der Waals surface area contributed by atoms with Crippen LogP contribution in [-0.4, -0.2) is 24.0 Å². The van der Waals surface area contributed by atoms with Crippen molar-refractivity contribution in [2.75, 3.05) is 7.05 Å². The highest BCUT2D eigenvalue weighted by Gasteiger charge is 2.31. The van der Waals surface area contributed by atoms with Gasteiger partial charge in [-0.3, -0.25) is 4.79 Å². The zero-order valence-corrected chi connectivity index (χ0v) is 12.5. The van der Waals surface area contributed by atoms with Gasteiger partial charge in [-0.1, -0.05) is 19.1 Å². The number of carbonyl (C=O) groups is 1. The zero-order chi connectivity index (χ0) is 15.0. The van der Waals surface area contributed by atoms with E-state index in [0.717, 1.165) is 17.1 Å². The molecule has 0 saturated heterocycles. The molecule has 2 heterocycles. The van der Waals surface area contributed by atoms with Crippen LogP contribution in [0.15, 0.2) is 41.0 Å². The summed E-state index contributed by atoms with van der Waals surface area (Å²) in [5.41, 5.74) is 1.73. The minimum Gasteiger partial charge on any atom is -0.489 e. The summed E-state index contributed by atoms with van der Waals surface area (Å²) in [5, 5.41) is 0. The Morgan fingerprint density at radius 1 is 1.24 bits per heavy atom. The molecule has 1 aromatic heterocycles. The van der Waals surface area contributed by atoms with Gasteiger partial charge >= 0.3 is 0 Å². The minimum absolute atomic E-state index is 0.0513. The van der Waals surface area contributed by atoms with Gasteiger partial charge in [-0.15, -0.1) is 0 Å². The number of furan rings is 1. The van der Waals surface area contributed by atoms with Gasteiger partial charge in [0.25, 0.3) is 5.91 Å². The summed E-state index contributed by atoms with van der Waals surface area (Å²) in [6.45, 7) is 4.60. The summed E-state index contributed by atoms with van der Waals surface area (Å²) in [7, 11) is 1.77. The Morgan fingerprint density at radius 2 is 2.05 bits per heavy atom. The summed E-state index contributed by atoms with van der Waals surface area (Å²) in [6, 6.07) is 9.46. The molecule has 1 aliphatic heterocycles. The third kappa shape index (κ3) is 2.42. The van der Waals surface area contributed by atoms with Crippen LogP contribution >= 0.6 is 0 Å². The Bertz CT molecular complexity index is 648. The van der Waals surface area contributed by atoms with E-state index in [2.05, 4.69) is 6.92 Å². The van der Waals surface area contributed by atoms with Gasteiger partial charge in [0.05, 0.1) is 18.4 Å². The van der Waals surface area contributed by atoms with Crippen LogP contribution in [0.4, 0.5) is 0 Å². The monoisotopic (exact) mass is 285 g/mol. The summed E-state index contributed by atoms with van der Waals surface area (Å²) in [4.78, 5) is 14.3. The quantitative estimate of drug-likeness (QED) is 0.867. The van der Waals surface area contributed by atoms with Gasteiger partial charge in [0.2, 0.25) is 0 Å². The molecule has 0 bridgehead atoms. The van der Waals surface area contributed by atoms with Crippen LogP contribution in [0.1, 0.15) is 41.4 Å². The molecule has 2 atom stereocenters. The normalized spacial score (nSPS) is 20.0. The molecular weight excluding hydrogens is 266 g/mol. The van der Waals surface area contributed by atoms with Crippen molar-refractivity contribution in [3.63, 3.8) is 0 Å². The van der Waals surface area contributed by atoms with Gasteiger partial charge in [-0.25, -0.2) is 0 Å². The highest BCUT2D eigenvalue weighted by atomic mass is 16.5. The predicted octanol–water partition coefficient (Wildman–Crippen LogP) is 3.44. The molecular formula is C17H19NO3. The molecule has 0 radical (unpaired) electrons. The molecule has 110 valence electrons. The van der Waals surface area contributed by atoms with E-state index in [-0.39, 0.29) is 12.0 Å². The molecule has 0 spiro atoms. The van der Waals surface area contributed by atoms with Gasteiger partial charge < -0.3 is 14.1 Å². The summed E-state index contributed by atoms with van der Waals surface area (Å²) in [6.07, 6.45) is 1.71. The third-order valence-corrected chi connectivity index (χ3v) is 4.09. The number of carbonyl (C=O) groups excluding carboxylic acids is 1. The van der Waals surface area contributed by atoms with Crippen LogP contribution in [0.3, 0.4) is 0 Å². The van der Waals surface area contributed by atoms with E-state index in [4.69, 9.17) is 9.15 Å². The number of rotatable bonds is 3. The smallest absolute Gasteiger partial charge is 0.257 e. The summed E-state index contributed by atoms with van der Waals surface area (Å²) in [5.74, 6) is 1.75. The summed E-state index contributed by atoms with van der Waals surface area (Å²) < 4.78 is 11.2. The molecule has 1 aliphatic rings. The average molecular weight is 285 g/mol. The van der Waals surface area contributed by atoms with E-state index >= 15 is 0 Å². The molecule has 0 N–H and O–H groups in total. The Balaban J connectivity index is 1.86. The predicted molar refractivity (Wildman–Crippen MR) is 79.5 cm³/mol. The van der Waals surface area contributed by atoms with E-state index in [1.807, 2.05) is 37.3 Å². The fourth-order valence-corrected chi connectivity index (χ4v) is 2.67. The van der Waals surface area contributed by atoms with Gasteiger partial charge in [-0.2, -0.15) is 0 Å². The van der Waals surface area contributed by atoms with Crippen LogP contribution < -0.4 is 4.74 Å². The first-order valence-electron chi connectivity index (χ1n) is 7.15. The lowest BCUT2D eigenvalue weighted by molar-refractivity contribution is 0.0770. The SMILES string of the molecule is C[C@H]1Oc2c(C(=O)N(C)Cc3ccco3)cccc2[C@@H]1C. The average Bonchev–Trinajstić information content (AvgIpc) is 3.07. The maximum absolute atomic E-state index is 12.6. The Morgan fingerprint density at radius 3 is 2.76 bits per heavy atom. The minimum atomic E-state index is -0.0513. The van der Waals surface area contributed by atoms with Crippen molar-refractivity contribution in [3.05, 3.63) is 53.5 Å². The number of hydrogen-bond donors (Lipinski definition) is 0. The molecule has 2 aromatic rings. The number of hydrogen-bond acceptors (Lipinski definition) is 3. The Kier molecular flexibility index (Phi) is 3.45. The fraction of sp³-hybridized carbons (Fsp3) is 0.353. The first kappa shape index (κ1) is 13.7. The molecule has 0 unspecified atom stereocenters. The van der Waals surface area contributed by atoms with Crippen LogP contribution in [0, 0.1) is 0 Å². The number of benzene rings is 1. The van der Waals surface area contributed by atoms with Crippen molar-refractivity contribution in [2.24, 2.45) is 0 Å². The lowest BCUT2D eigenvalue weighted by Crippen LogP contribution is -2.26. The van der Waals surface area contributed by atoms with E-state index in [1.165, 1.54) is 0 Å². The second kappa shape index (κ2) is 5.28. The van der Waals surface area contributed by atoms with Crippen LogP contribution in [0.25, 0.3) is 0 Å². The topological polar surface area (TPSA) is 42.7 Å². The number of para-hydroxylation sites is 1. The molecule has 21 heavy (non-hydrogen) atoms. The van der Waals surface area contributed by atoms with Crippen molar-refractivity contribution < 1.29 is 13.9 Å². The highest BCUT2D eigenvalue weighted by Crippen LogP contribution is 2.40. The van der Waals surface area contributed by atoms with Crippen molar-refractivity contribution in [1.82, 2.24) is 4.90 Å². The van der Waals surface area contributed by atoms with Gasteiger partial charge in [-0.05, 0) is 25.1 Å². The maximum Gasteiger partial charge on any atom is 0.257 e. The second-order valence-electron chi connectivity index (χ2n) is 5.58. The van der Waals surface area contributed by atoms with Crippen molar-refractivity contribution >= 4 is 5.91 Å². The van der Waals surface area contributed by atoms with Crippen molar-refractivity contribution in [3.8, 4) is 5.75 Å². The maximum atomic E-state index is 12.6. The molecule has 4 heteroatoms. The van der Waals surface area contributed by atoms with E-state index in [1.54, 1.807) is 18.2 Å². The first-order chi connectivity index (χ1) is 10.1. The number of amides is 1. The summed E-state index contributed by atoms with van der Waals surface area (Å²) >= 11 is 0. The molecule has 1 aromatic carbocycles. The Hall–Kier alpha value is -2.23. The second-order valence-corrected chi connectivity index (χ2v) is 5.58. The fourth-order valence-electron chi connectivity index (χ4n) is 2.67. The Labute approximate surface area is 124 Å². The third-order valence-electron chi connectivity index (χ3n) is 4.09. The molecule has 0 aliphatic carbocycles. The van der Waals surface area contributed by atoms with Gasteiger partial charge in [0, 0.05) is 18.5 Å². The molecule has 1 amide bonds. The van der Waals surface area contributed by atoms with E-state index < -0.39 is 0 Å². The lowest BCUT2D eigenvalue weighted by atomic mass is 9.96. The van der Waals surface area contributed by atoms with Gasteiger partial charge in [0.1, 0.15) is 17.6 Å². The lowest BCUT2D eigenvalue weighted by Gasteiger charge is -2.17. The van der Waals surface area contributed by atoms with Crippen LogP contribution in [-0.2, 0) is 6.54 Å². The standard InChI is InChI=1S/C17H19NO3/c1-11-12(2)21-16-14(11)7-4-8-15(16)17(19)18(3)10-13-6-5-9-20-13/h4-9,11-12H,10H2,1-3H3/t11-,12-/m1/s1. The van der Waals surface area contributed by atoms with Crippen LogP contribution in [0.2, 0.25) is 0 Å². The zero-order valence-electron chi connectivity index (χ0n) is 12.5. The van der Waals surface area contributed by atoms with E-state index in [9.17, 15) is 4.79 Å². The largest absolute Gasteiger partial charge is 0.489 e. The number of nitrogens with zero attached hydrogens (tertiary/aromatic N) is 1. The first-order valence-corrected chi connectivity index (χ1v) is 7.15.